The molecule has 4 aromatic rings. The van der Waals surface area contributed by atoms with Crippen LogP contribution >= 0.6 is 0 Å². The van der Waals surface area contributed by atoms with Crippen LogP contribution in [0.25, 0.3) is 11.0 Å². The number of carbonyl (C=O) groups excluding carboxylic acids is 2. The summed E-state index contributed by atoms with van der Waals surface area (Å²) >= 11 is 0. The Kier molecular flexibility index (Phi) is 6.77. The minimum Gasteiger partial charge on any atom is -0.545 e. The fourth-order valence-electron chi connectivity index (χ4n) is 3.40. The minimum absolute atomic E-state index is 0.0578. The van der Waals surface area contributed by atoms with E-state index in [-0.39, 0.29) is 28.1 Å². The number of amides is 1. The first-order valence-corrected chi connectivity index (χ1v) is 10.7. The molecule has 4 rings (SSSR count). The van der Waals surface area contributed by atoms with Crippen molar-refractivity contribution in [1.82, 2.24) is 0 Å². The van der Waals surface area contributed by atoms with Gasteiger partial charge in [0.1, 0.15) is 5.56 Å². The Balaban J connectivity index is 1.83. The molecule has 1 aromatic heterocycles. The van der Waals surface area contributed by atoms with Crippen molar-refractivity contribution in [2.75, 3.05) is 11.9 Å². The van der Waals surface area contributed by atoms with Crippen molar-refractivity contribution in [2.24, 2.45) is 4.99 Å². The molecule has 0 aliphatic heterocycles. The van der Waals surface area contributed by atoms with Crippen molar-refractivity contribution in [2.45, 2.75) is 13.1 Å². The first kappa shape index (κ1) is 24.5. The second-order valence-corrected chi connectivity index (χ2v) is 7.55. The van der Waals surface area contributed by atoms with Crippen molar-refractivity contribution >= 4 is 34.2 Å². The average molecular weight is 495 g/mol. The molecule has 36 heavy (non-hydrogen) atoms. The lowest BCUT2D eigenvalue weighted by Crippen LogP contribution is -2.22. The van der Waals surface area contributed by atoms with Crippen LogP contribution in [0.3, 0.4) is 0 Å². The molecule has 0 radical (unpaired) electrons. The summed E-state index contributed by atoms with van der Waals surface area (Å²) in [6.07, 6.45) is -4.58. The molecule has 184 valence electrons. The molecule has 0 fully saturated rings. The van der Waals surface area contributed by atoms with Gasteiger partial charge in [-0.2, -0.15) is 13.2 Å². The van der Waals surface area contributed by atoms with Crippen molar-refractivity contribution in [3.8, 4) is 5.75 Å². The Morgan fingerprint density at radius 3 is 2.42 bits per heavy atom. The topological polar surface area (TPSA) is 104 Å². The number of aromatic carboxylic acids is 1. The van der Waals surface area contributed by atoms with E-state index < -0.39 is 23.6 Å². The van der Waals surface area contributed by atoms with Gasteiger partial charge in [0.15, 0.2) is 11.3 Å². The number of rotatable bonds is 6. The summed E-state index contributed by atoms with van der Waals surface area (Å²) in [6.45, 7) is 2.14. The third-order valence-corrected chi connectivity index (χ3v) is 5.06. The lowest BCUT2D eigenvalue weighted by atomic mass is 10.1. The predicted octanol–water partition coefficient (Wildman–Crippen LogP) is 4.70. The number of carboxylic acids is 1. The lowest BCUT2D eigenvalue weighted by molar-refractivity contribution is -0.255. The van der Waals surface area contributed by atoms with Gasteiger partial charge in [-0.25, -0.2) is 4.99 Å². The van der Waals surface area contributed by atoms with Crippen LogP contribution in [0.1, 0.15) is 33.2 Å². The molecule has 1 N–H and O–H groups in total. The zero-order valence-electron chi connectivity index (χ0n) is 18.8. The first-order chi connectivity index (χ1) is 17.2. The quantitative estimate of drug-likeness (QED) is 0.418. The number of halogens is 3. The second kappa shape index (κ2) is 9.95. The van der Waals surface area contributed by atoms with Crippen LogP contribution in [0.15, 0.2) is 82.2 Å². The molecule has 1 heterocycles. The number of para-hydroxylation sites is 1. The molecule has 0 bridgehead atoms. The highest BCUT2D eigenvalue weighted by Crippen LogP contribution is 2.31. The Labute approximate surface area is 202 Å². The maximum Gasteiger partial charge on any atom is 0.416 e. The molecular formula is C26H18F3N2O5-. The van der Waals surface area contributed by atoms with E-state index in [2.05, 4.69) is 10.3 Å². The SMILES string of the molecule is CCOc1cccc2cc(C(=O)Nc3cccc(C(F)(F)F)c3)c(=Nc3ccc(C(=O)[O-])cc3)oc12. The van der Waals surface area contributed by atoms with Gasteiger partial charge in [0.05, 0.1) is 23.8 Å². The standard InChI is InChI=1S/C26H19F3N2O5/c1-2-35-21-8-3-5-16-13-20(23(32)30-19-7-4-6-17(14-19)26(27,28)29)24(36-22(16)21)31-18-11-9-15(10-12-18)25(33)34/h3-14H,2H2,1H3,(H,30,32)(H,33,34)/p-1. The van der Waals surface area contributed by atoms with Gasteiger partial charge in [0.25, 0.3) is 5.91 Å². The third-order valence-electron chi connectivity index (χ3n) is 5.06. The average Bonchev–Trinajstić information content (AvgIpc) is 2.84. The maximum absolute atomic E-state index is 13.2. The number of carboxylic acid groups (broad SMARTS) is 1. The van der Waals surface area contributed by atoms with Crippen molar-refractivity contribution in [1.29, 1.82) is 0 Å². The third kappa shape index (κ3) is 5.38. The molecule has 0 saturated heterocycles. The van der Waals surface area contributed by atoms with Crippen LogP contribution in [0.2, 0.25) is 0 Å². The number of carbonyl (C=O) groups is 2. The van der Waals surface area contributed by atoms with E-state index in [4.69, 9.17) is 9.15 Å². The fraction of sp³-hybridized carbons (Fsp3) is 0.115. The van der Waals surface area contributed by atoms with Crippen LogP contribution in [0.5, 0.6) is 5.75 Å². The Morgan fingerprint density at radius 1 is 1.03 bits per heavy atom. The van der Waals surface area contributed by atoms with Gasteiger partial charge in [0.2, 0.25) is 5.55 Å². The van der Waals surface area contributed by atoms with Gasteiger partial charge in [-0.1, -0.05) is 30.3 Å². The summed E-state index contributed by atoms with van der Waals surface area (Å²) in [5.41, 5.74) is -0.682. The summed E-state index contributed by atoms with van der Waals surface area (Å²) in [7, 11) is 0. The normalized spacial score (nSPS) is 11.9. The Bertz CT molecular complexity index is 1510. The highest BCUT2D eigenvalue weighted by atomic mass is 19.4. The van der Waals surface area contributed by atoms with Gasteiger partial charge >= 0.3 is 6.18 Å². The van der Waals surface area contributed by atoms with Crippen LogP contribution in [-0.2, 0) is 6.18 Å². The highest BCUT2D eigenvalue weighted by Gasteiger charge is 2.30. The molecule has 0 saturated carbocycles. The number of hydrogen-bond donors (Lipinski definition) is 1. The van der Waals surface area contributed by atoms with E-state index in [1.54, 1.807) is 25.1 Å². The number of anilines is 1. The first-order valence-electron chi connectivity index (χ1n) is 10.7. The van der Waals surface area contributed by atoms with Crippen molar-refractivity contribution in [3.63, 3.8) is 0 Å². The molecule has 0 aliphatic rings. The molecule has 1 amide bonds. The van der Waals surface area contributed by atoms with Crippen molar-refractivity contribution < 1.29 is 37.0 Å². The molecule has 10 heteroatoms. The molecule has 0 atom stereocenters. The van der Waals surface area contributed by atoms with Crippen LogP contribution in [0, 0.1) is 0 Å². The second-order valence-electron chi connectivity index (χ2n) is 7.55. The van der Waals surface area contributed by atoms with Crippen LogP contribution in [-0.4, -0.2) is 18.5 Å². The predicted molar refractivity (Wildman–Crippen MR) is 123 cm³/mol. The van der Waals surface area contributed by atoms with Crippen LogP contribution in [0.4, 0.5) is 24.5 Å². The number of alkyl halides is 3. The minimum atomic E-state index is -4.58. The van der Waals surface area contributed by atoms with Crippen LogP contribution < -0.4 is 20.7 Å². The highest BCUT2D eigenvalue weighted by molar-refractivity contribution is 6.05. The number of benzene rings is 3. The van der Waals surface area contributed by atoms with Crippen molar-refractivity contribution in [3.05, 3.63) is 95.0 Å². The lowest BCUT2D eigenvalue weighted by Gasteiger charge is -2.11. The van der Waals surface area contributed by atoms with E-state index in [1.165, 1.54) is 42.5 Å². The fourth-order valence-corrected chi connectivity index (χ4v) is 3.40. The summed E-state index contributed by atoms with van der Waals surface area (Å²) in [4.78, 5) is 28.5. The van der Waals surface area contributed by atoms with Gasteiger partial charge in [-0.05, 0) is 55.0 Å². The van der Waals surface area contributed by atoms with Gasteiger partial charge in [-0.3, -0.25) is 4.79 Å². The molecule has 3 aromatic carbocycles. The number of fused-ring (bicyclic) bond motifs is 1. The van der Waals surface area contributed by atoms with Gasteiger partial charge in [0, 0.05) is 11.1 Å². The van der Waals surface area contributed by atoms with E-state index in [0.717, 1.165) is 12.1 Å². The molecule has 7 nitrogen and oxygen atoms in total. The van der Waals surface area contributed by atoms with Gasteiger partial charge in [-0.15, -0.1) is 0 Å². The summed E-state index contributed by atoms with van der Waals surface area (Å²) in [5.74, 6) is -1.71. The van der Waals surface area contributed by atoms with E-state index in [0.29, 0.717) is 23.3 Å². The zero-order valence-corrected chi connectivity index (χ0v) is 18.8. The zero-order chi connectivity index (χ0) is 25.9. The molecule has 0 spiro atoms. The molecule has 0 unspecified atom stereocenters. The monoisotopic (exact) mass is 495 g/mol. The maximum atomic E-state index is 13.2. The van der Waals surface area contributed by atoms with E-state index >= 15 is 0 Å². The number of nitrogens with zero attached hydrogens (tertiary/aromatic N) is 1. The van der Waals surface area contributed by atoms with E-state index in [9.17, 15) is 27.9 Å². The molecular weight excluding hydrogens is 477 g/mol. The smallest absolute Gasteiger partial charge is 0.416 e. The summed E-state index contributed by atoms with van der Waals surface area (Å²) in [6, 6.07) is 16.1. The Hall–Kier alpha value is -4.60. The molecule has 0 aliphatic carbocycles. The Morgan fingerprint density at radius 2 is 1.75 bits per heavy atom. The number of ether oxygens (including phenoxy) is 1. The largest absolute Gasteiger partial charge is 0.545 e. The van der Waals surface area contributed by atoms with E-state index in [1.807, 2.05) is 0 Å². The number of nitrogens with one attached hydrogen (secondary N) is 1. The van der Waals surface area contributed by atoms with Gasteiger partial charge < -0.3 is 24.4 Å². The summed E-state index contributed by atoms with van der Waals surface area (Å²) < 4.78 is 50.8. The number of hydrogen-bond acceptors (Lipinski definition) is 6. The summed E-state index contributed by atoms with van der Waals surface area (Å²) in [5, 5.41) is 14.0.